The van der Waals surface area contributed by atoms with Crippen LogP contribution in [0.2, 0.25) is 0 Å². The average Bonchev–Trinajstić information content (AvgIpc) is 3.16. The van der Waals surface area contributed by atoms with Crippen molar-refractivity contribution < 1.29 is 13.9 Å². The number of benzene rings is 2. The number of nitrogens with zero attached hydrogens (tertiary/aromatic N) is 3. The van der Waals surface area contributed by atoms with Gasteiger partial charge in [-0.05, 0) is 35.4 Å². The summed E-state index contributed by atoms with van der Waals surface area (Å²) in [4.78, 5) is 18.4. The second-order valence-electron chi connectivity index (χ2n) is 6.28. The lowest BCUT2D eigenvalue weighted by molar-refractivity contribution is -0.119. The van der Waals surface area contributed by atoms with Crippen LogP contribution in [0.15, 0.2) is 48.5 Å². The monoisotopic (exact) mass is 400 g/mol. The Morgan fingerprint density at radius 1 is 1.21 bits per heavy atom. The van der Waals surface area contributed by atoms with E-state index in [4.69, 9.17) is 4.74 Å². The third kappa shape index (κ3) is 5.50. The number of halogens is 1. The average molecular weight is 400 g/mol. The quantitative estimate of drug-likeness (QED) is 0.630. The zero-order valence-electron chi connectivity index (χ0n) is 15.7. The second-order valence-corrected chi connectivity index (χ2v) is 7.01. The molecule has 8 heteroatoms. The molecule has 0 unspecified atom stereocenters. The lowest BCUT2D eigenvalue weighted by Gasteiger charge is -2.14. The molecule has 28 heavy (non-hydrogen) atoms. The van der Waals surface area contributed by atoms with E-state index in [0.717, 1.165) is 16.9 Å². The zero-order chi connectivity index (χ0) is 19.9. The van der Waals surface area contributed by atoms with Gasteiger partial charge in [-0.3, -0.25) is 4.79 Å². The summed E-state index contributed by atoms with van der Waals surface area (Å²) in [6, 6.07) is 13.8. The fraction of sp³-hybridized carbons (Fsp3) is 0.250. The molecule has 3 aromatic rings. The molecule has 146 valence electrons. The van der Waals surface area contributed by atoms with Gasteiger partial charge in [0.1, 0.15) is 17.4 Å². The highest BCUT2D eigenvalue weighted by atomic mass is 32.1. The lowest BCUT2D eigenvalue weighted by atomic mass is 10.1. The molecule has 0 radical (unpaired) electrons. The van der Waals surface area contributed by atoms with Crippen LogP contribution in [-0.2, 0) is 17.8 Å². The summed E-state index contributed by atoms with van der Waals surface area (Å²) < 4.78 is 22.5. The Morgan fingerprint density at radius 2 is 2.00 bits per heavy atom. The number of likely N-dealkylation sites (N-methyl/N-ethyl adjacent to an activating group) is 1. The smallest absolute Gasteiger partial charge is 0.239 e. The molecule has 0 bridgehead atoms. The molecule has 1 aromatic heterocycles. The van der Waals surface area contributed by atoms with Crippen LogP contribution in [0.5, 0.6) is 5.75 Å². The largest absolute Gasteiger partial charge is 0.497 e. The molecule has 6 nitrogen and oxygen atoms in total. The molecule has 2 aromatic carbocycles. The van der Waals surface area contributed by atoms with Crippen molar-refractivity contribution in [3.05, 3.63) is 71.3 Å². The van der Waals surface area contributed by atoms with Gasteiger partial charge in [0.2, 0.25) is 11.0 Å². The first-order valence-electron chi connectivity index (χ1n) is 8.71. The minimum Gasteiger partial charge on any atom is -0.497 e. The van der Waals surface area contributed by atoms with Gasteiger partial charge in [-0.15, -0.1) is 0 Å². The Morgan fingerprint density at radius 3 is 2.75 bits per heavy atom. The van der Waals surface area contributed by atoms with Crippen molar-refractivity contribution in [2.75, 3.05) is 25.6 Å². The standard InChI is InChI=1S/C20H21FN4O2S/c1-25(13-19(26)22-12-14-6-8-16(21)9-7-14)20-23-18(24-28-20)11-15-4-3-5-17(10-15)27-2/h3-10H,11-13H2,1-2H3,(H,22,26). The summed E-state index contributed by atoms with van der Waals surface area (Å²) in [5, 5.41) is 3.49. The maximum atomic E-state index is 12.9. The summed E-state index contributed by atoms with van der Waals surface area (Å²) in [7, 11) is 3.43. The number of methoxy groups -OCH3 is 1. The van der Waals surface area contributed by atoms with Crippen LogP contribution in [0.1, 0.15) is 17.0 Å². The molecule has 0 spiro atoms. The highest BCUT2D eigenvalue weighted by molar-refractivity contribution is 7.09. The number of rotatable bonds is 8. The Kier molecular flexibility index (Phi) is 6.54. The van der Waals surface area contributed by atoms with Gasteiger partial charge in [0, 0.05) is 31.5 Å². The van der Waals surface area contributed by atoms with Crippen molar-refractivity contribution in [2.45, 2.75) is 13.0 Å². The zero-order valence-corrected chi connectivity index (χ0v) is 16.5. The van der Waals surface area contributed by atoms with Gasteiger partial charge in [-0.2, -0.15) is 4.37 Å². The molecule has 0 aliphatic carbocycles. The van der Waals surface area contributed by atoms with Crippen molar-refractivity contribution in [1.82, 2.24) is 14.7 Å². The molecule has 1 amide bonds. The van der Waals surface area contributed by atoms with Gasteiger partial charge >= 0.3 is 0 Å². The maximum Gasteiger partial charge on any atom is 0.239 e. The van der Waals surface area contributed by atoms with E-state index in [1.165, 1.54) is 23.7 Å². The number of carbonyl (C=O) groups is 1. The van der Waals surface area contributed by atoms with E-state index < -0.39 is 0 Å². The van der Waals surface area contributed by atoms with Crippen LogP contribution in [0.25, 0.3) is 0 Å². The van der Waals surface area contributed by atoms with Crippen molar-refractivity contribution in [1.29, 1.82) is 0 Å². The van der Waals surface area contributed by atoms with Crippen molar-refractivity contribution in [3.8, 4) is 5.75 Å². The van der Waals surface area contributed by atoms with E-state index in [-0.39, 0.29) is 18.3 Å². The molecule has 0 aliphatic rings. The van der Waals surface area contributed by atoms with Crippen LogP contribution >= 0.6 is 11.5 Å². The van der Waals surface area contributed by atoms with E-state index >= 15 is 0 Å². The first-order chi connectivity index (χ1) is 13.5. The van der Waals surface area contributed by atoms with Crippen molar-refractivity contribution in [2.24, 2.45) is 0 Å². The predicted octanol–water partition coefficient (Wildman–Crippen LogP) is 3.03. The number of aromatic nitrogens is 2. The number of ether oxygens (including phenoxy) is 1. The summed E-state index contributed by atoms with van der Waals surface area (Å²) in [6.07, 6.45) is 0.596. The molecule has 0 saturated carbocycles. The SMILES string of the molecule is COc1cccc(Cc2nsc(N(C)CC(=O)NCc3ccc(F)cc3)n2)c1. The minimum absolute atomic E-state index is 0.142. The highest BCUT2D eigenvalue weighted by Gasteiger charge is 2.13. The third-order valence-corrected chi connectivity index (χ3v) is 4.93. The Hall–Kier alpha value is -3.00. The van der Waals surface area contributed by atoms with E-state index in [9.17, 15) is 9.18 Å². The van der Waals surface area contributed by atoms with Gasteiger partial charge in [0.05, 0.1) is 13.7 Å². The summed E-state index contributed by atoms with van der Waals surface area (Å²) in [6.45, 7) is 0.513. The molecular formula is C20H21FN4O2S. The van der Waals surface area contributed by atoms with E-state index in [1.807, 2.05) is 24.3 Å². The van der Waals surface area contributed by atoms with Crippen LogP contribution in [0, 0.1) is 5.82 Å². The first kappa shape index (κ1) is 19.8. The Bertz CT molecular complexity index is 930. The number of hydrogen-bond donors (Lipinski definition) is 1. The molecule has 0 saturated heterocycles. The third-order valence-electron chi connectivity index (χ3n) is 4.06. The van der Waals surface area contributed by atoms with Crippen LogP contribution in [0.4, 0.5) is 9.52 Å². The van der Waals surface area contributed by atoms with Crippen LogP contribution in [0.3, 0.4) is 0 Å². The van der Waals surface area contributed by atoms with Gasteiger partial charge in [0.15, 0.2) is 0 Å². The molecule has 3 rings (SSSR count). The van der Waals surface area contributed by atoms with E-state index in [0.29, 0.717) is 23.9 Å². The van der Waals surface area contributed by atoms with Crippen molar-refractivity contribution in [3.63, 3.8) is 0 Å². The minimum atomic E-state index is -0.296. The van der Waals surface area contributed by atoms with Crippen LogP contribution in [-0.4, -0.2) is 36.0 Å². The summed E-state index contributed by atoms with van der Waals surface area (Å²) in [5.41, 5.74) is 1.90. The van der Waals surface area contributed by atoms with Gasteiger partial charge in [-0.1, -0.05) is 24.3 Å². The number of amides is 1. The summed E-state index contributed by atoms with van der Waals surface area (Å²) >= 11 is 1.26. The fourth-order valence-corrected chi connectivity index (χ4v) is 3.22. The molecular weight excluding hydrogens is 379 g/mol. The normalized spacial score (nSPS) is 10.5. The Labute approximate surface area is 167 Å². The second kappa shape index (κ2) is 9.27. The maximum absolute atomic E-state index is 12.9. The lowest BCUT2D eigenvalue weighted by Crippen LogP contribution is -2.34. The molecule has 0 fully saturated rings. The van der Waals surface area contributed by atoms with Gasteiger partial charge in [-0.25, -0.2) is 9.37 Å². The van der Waals surface area contributed by atoms with Crippen LogP contribution < -0.4 is 15.0 Å². The molecule has 0 aliphatic heterocycles. The topological polar surface area (TPSA) is 67.3 Å². The molecule has 0 atom stereocenters. The number of nitrogens with one attached hydrogen (secondary N) is 1. The predicted molar refractivity (Wildman–Crippen MR) is 107 cm³/mol. The number of carbonyl (C=O) groups excluding carboxylic acids is 1. The number of anilines is 1. The van der Waals surface area contributed by atoms with Gasteiger partial charge < -0.3 is 15.0 Å². The summed E-state index contributed by atoms with van der Waals surface area (Å²) in [5.74, 6) is 1.06. The highest BCUT2D eigenvalue weighted by Crippen LogP contribution is 2.19. The number of hydrogen-bond acceptors (Lipinski definition) is 6. The Balaban J connectivity index is 1.52. The first-order valence-corrected chi connectivity index (χ1v) is 9.48. The molecule has 1 N–H and O–H groups in total. The fourth-order valence-electron chi connectivity index (χ4n) is 2.58. The van der Waals surface area contributed by atoms with Crippen molar-refractivity contribution >= 4 is 22.6 Å². The van der Waals surface area contributed by atoms with Gasteiger partial charge in [0.25, 0.3) is 0 Å². The molecule has 1 heterocycles. The van der Waals surface area contributed by atoms with E-state index in [2.05, 4.69) is 14.7 Å². The van der Waals surface area contributed by atoms with E-state index in [1.54, 1.807) is 31.2 Å².